The Labute approximate surface area is 144 Å². The van der Waals surface area contributed by atoms with Crippen LogP contribution in [0.2, 0.25) is 0 Å². The molecule has 1 heterocycles. The summed E-state index contributed by atoms with van der Waals surface area (Å²) in [5.74, 6) is -0.733. The quantitative estimate of drug-likeness (QED) is 0.743. The molecule has 3 aromatic rings. The van der Waals surface area contributed by atoms with Crippen molar-refractivity contribution in [1.29, 1.82) is 0 Å². The number of aromatic carboxylic acids is 1. The summed E-state index contributed by atoms with van der Waals surface area (Å²) in [5.41, 5.74) is 2.52. The van der Waals surface area contributed by atoms with E-state index in [9.17, 15) is 9.59 Å². The summed E-state index contributed by atoms with van der Waals surface area (Å²) < 4.78 is 5.27. The highest BCUT2D eigenvalue weighted by molar-refractivity contribution is 5.96. The fourth-order valence-electron chi connectivity index (χ4n) is 2.50. The average Bonchev–Trinajstić information content (AvgIpc) is 3.05. The first-order valence-corrected chi connectivity index (χ1v) is 7.68. The van der Waals surface area contributed by atoms with Crippen LogP contribution in [-0.2, 0) is 11.2 Å². The molecule has 0 spiro atoms. The molecule has 1 amide bonds. The van der Waals surface area contributed by atoms with Crippen LogP contribution in [-0.4, -0.2) is 22.1 Å². The van der Waals surface area contributed by atoms with Crippen molar-refractivity contribution in [1.82, 2.24) is 5.16 Å². The van der Waals surface area contributed by atoms with Crippen LogP contribution in [0.4, 0.5) is 5.69 Å². The third-order valence-electron chi connectivity index (χ3n) is 3.80. The number of carbonyl (C=O) groups is 2. The van der Waals surface area contributed by atoms with Crippen molar-refractivity contribution in [3.63, 3.8) is 0 Å². The van der Waals surface area contributed by atoms with Gasteiger partial charge in [-0.15, -0.1) is 0 Å². The van der Waals surface area contributed by atoms with Crippen LogP contribution in [0.1, 0.15) is 21.6 Å². The zero-order valence-corrected chi connectivity index (χ0v) is 13.5. The number of carbonyl (C=O) groups excluding carboxylic acids is 1. The summed E-state index contributed by atoms with van der Waals surface area (Å²) in [6.07, 6.45) is 0.0348. The van der Waals surface area contributed by atoms with Gasteiger partial charge < -0.3 is 14.9 Å². The molecule has 0 bridgehead atoms. The maximum atomic E-state index is 12.2. The third kappa shape index (κ3) is 3.74. The lowest BCUT2D eigenvalue weighted by atomic mass is 10.1. The molecule has 6 heteroatoms. The average molecular weight is 336 g/mol. The van der Waals surface area contributed by atoms with Gasteiger partial charge in [0.2, 0.25) is 5.91 Å². The zero-order valence-electron chi connectivity index (χ0n) is 13.5. The van der Waals surface area contributed by atoms with Gasteiger partial charge in [-0.1, -0.05) is 41.6 Å². The van der Waals surface area contributed by atoms with Crippen molar-refractivity contribution >= 4 is 17.6 Å². The van der Waals surface area contributed by atoms with E-state index in [0.29, 0.717) is 22.7 Å². The molecule has 0 aliphatic heterocycles. The first-order chi connectivity index (χ1) is 12.0. The third-order valence-corrected chi connectivity index (χ3v) is 3.80. The number of carboxylic acid groups (broad SMARTS) is 1. The van der Waals surface area contributed by atoms with Crippen molar-refractivity contribution in [2.24, 2.45) is 0 Å². The number of aromatic nitrogens is 1. The summed E-state index contributed by atoms with van der Waals surface area (Å²) in [6.45, 7) is 1.66. The van der Waals surface area contributed by atoms with Gasteiger partial charge in [0.15, 0.2) is 5.76 Å². The lowest BCUT2D eigenvalue weighted by molar-refractivity contribution is -0.115. The van der Waals surface area contributed by atoms with E-state index in [-0.39, 0.29) is 17.9 Å². The second-order valence-electron chi connectivity index (χ2n) is 5.56. The van der Waals surface area contributed by atoms with Crippen LogP contribution in [0.3, 0.4) is 0 Å². The molecule has 0 saturated carbocycles. The Morgan fingerprint density at radius 1 is 1.12 bits per heavy atom. The number of amides is 1. The van der Waals surface area contributed by atoms with Gasteiger partial charge in [0.1, 0.15) is 0 Å². The number of rotatable bonds is 5. The first kappa shape index (κ1) is 16.4. The highest BCUT2D eigenvalue weighted by Gasteiger charge is 2.14. The normalized spacial score (nSPS) is 10.4. The number of hydrogen-bond donors (Lipinski definition) is 2. The summed E-state index contributed by atoms with van der Waals surface area (Å²) in [4.78, 5) is 23.4. The molecule has 25 heavy (non-hydrogen) atoms. The molecule has 3 rings (SSSR count). The van der Waals surface area contributed by atoms with E-state index in [1.807, 2.05) is 30.3 Å². The molecule has 1 aromatic heterocycles. The molecule has 0 unspecified atom stereocenters. The largest absolute Gasteiger partial charge is 0.478 e. The van der Waals surface area contributed by atoms with Gasteiger partial charge >= 0.3 is 5.97 Å². The van der Waals surface area contributed by atoms with Gasteiger partial charge in [-0.3, -0.25) is 4.79 Å². The van der Waals surface area contributed by atoms with E-state index in [2.05, 4.69) is 10.5 Å². The van der Waals surface area contributed by atoms with Crippen molar-refractivity contribution in [3.05, 3.63) is 71.4 Å². The zero-order chi connectivity index (χ0) is 17.8. The minimum absolute atomic E-state index is 0.0348. The highest BCUT2D eigenvalue weighted by atomic mass is 16.5. The fourth-order valence-corrected chi connectivity index (χ4v) is 2.50. The summed E-state index contributed by atoms with van der Waals surface area (Å²) in [5, 5.41) is 15.8. The van der Waals surface area contributed by atoms with Gasteiger partial charge in [0.05, 0.1) is 17.7 Å². The van der Waals surface area contributed by atoms with Crippen molar-refractivity contribution in [2.45, 2.75) is 13.3 Å². The minimum atomic E-state index is -1.03. The Balaban J connectivity index is 1.71. The number of carboxylic acids is 1. The maximum Gasteiger partial charge on any atom is 0.336 e. The van der Waals surface area contributed by atoms with E-state index in [1.165, 1.54) is 6.07 Å². The van der Waals surface area contributed by atoms with Gasteiger partial charge in [-0.25, -0.2) is 4.79 Å². The molecule has 2 aromatic carbocycles. The van der Waals surface area contributed by atoms with Crippen LogP contribution in [0.15, 0.2) is 59.1 Å². The predicted octanol–water partition coefficient (Wildman–Crippen LogP) is 3.53. The topological polar surface area (TPSA) is 92.4 Å². The molecule has 0 radical (unpaired) electrons. The fraction of sp³-hybridized carbons (Fsp3) is 0.105. The van der Waals surface area contributed by atoms with Crippen LogP contribution in [0, 0.1) is 6.92 Å². The Bertz CT molecular complexity index is 916. The van der Waals surface area contributed by atoms with Crippen LogP contribution in [0.25, 0.3) is 11.3 Å². The molecule has 0 aliphatic rings. The molecule has 0 atom stereocenters. The summed E-state index contributed by atoms with van der Waals surface area (Å²) >= 11 is 0. The van der Waals surface area contributed by atoms with E-state index >= 15 is 0 Å². The second-order valence-corrected chi connectivity index (χ2v) is 5.56. The Kier molecular flexibility index (Phi) is 4.61. The standard InChI is InChI=1S/C19H16N2O4/c1-12-15(19(23)24)8-5-9-16(12)20-18(22)11-14-10-17(25-21-14)13-6-3-2-4-7-13/h2-10H,11H2,1H3,(H,20,22)(H,23,24). The minimum Gasteiger partial charge on any atom is -0.478 e. The lowest BCUT2D eigenvalue weighted by Gasteiger charge is -2.09. The molecular formula is C19H16N2O4. The molecular weight excluding hydrogens is 320 g/mol. The van der Waals surface area contributed by atoms with Crippen LogP contribution < -0.4 is 5.32 Å². The van der Waals surface area contributed by atoms with Gasteiger partial charge in [-0.05, 0) is 24.6 Å². The number of benzene rings is 2. The van der Waals surface area contributed by atoms with E-state index in [0.717, 1.165) is 5.56 Å². The molecule has 0 fully saturated rings. The Morgan fingerprint density at radius 3 is 2.60 bits per heavy atom. The Morgan fingerprint density at radius 2 is 1.88 bits per heavy atom. The van der Waals surface area contributed by atoms with Crippen molar-refractivity contribution in [2.75, 3.05) is 5.32 Å². The van der Waals surface area contributed by atoms with E-state index in [1.54, 1.807) is 25.1 Å². The molecule has 0 aliphatic carbocycles. The number of anilines is 1. The van der Waals surface area contributed by atoms with Gasteiger partial charge in [0.25, 0.3) is 0 Å². The molecule has 2 N–H and O–H groups in total. The summed E-state index contributed by atoms with van der Waals surface area (Å²) in [6, 6.07) is 15.9. The van der Waals surface area contributed by atoms with E-state index in [4.69, 9.17) is 9.63 Å². The van der Waals surface area contributed by atoms with Crippen molar-refractivity contribution < 1.29 is 19.2 Å². The highest BCUT2D eigenvalue weighted by Crippen LogP contribution is 2.21. The van der Waals surface area contributed by atoms with Gasteiger partial charge in [0, 0.05) is 17.3 Å². The lowest BCUT2D eigenvalue weighted by Crippen LogP contribution is -2.16. The van der Waals surface area contributed by atoms with Gasteiger partial charge in [-0.2, -0.15) is 0 Å². The van der Waals surface area contributed by atoms with E-state index < -0.39 is 5.97 Å². The SMILES string of the molecule is Cc1c(NC(=O)Cc2cc(-c3ccccc3)on2)cccc1C(=O)O. The molecule has 6 nitrogen and oxygen atoms in total. The summed E-state index contributed by atoms with van der Waals surface area (Å²) in [7, 11) is 0. The number of nitrogens with zero attached hydrogens (tertiary/aromatic N) is 1. The number of nitrogens with one attached hydrogen (secondary N) is 1. The Hall–Kier alpha value is -3.41. The number of hydrogen-bond acceptors (Lipinski definition) is 4. The second kappa shape index (κ2) is 7.00. The predicted molar refractivity (Wildman–Crippen MR) is 92.4 cm³/mol. The van der Waals surface area contributed by atoms with Crippen LogP contribution in [0.5, 0.6) is 0 Å². The molecule has 126 valence electrons. The monoisotopic (exact) mass is 336 g/mol. The molecule has 0 saturated heterocycles. The maximum absolute atomic E-state index is 12.2. The van der Waals surface area contributed by atoms with Crippen molar-refractivity contribution in [3.8, 4) is 11.3 Å². The smallest absolute Gasteiger partial charge is 0.336 e. The van der Waals surface area contributed by atoms with Crippen LogP contribution >= 0.6 is 0 Å². The first-order valence-electron chi connectivity index (χ1n) is 7.68.